The number of carboxylic acids is 2. The van der Waals surface area contributed by atoms with E-state index < -0.39 is 39.3 Å². The molecule has 1 rings (SSSR count). The van der Waals surface area contributed by atoms with Crippen LogP contribution in [-0.4, -0.2) is 36.6 Å². The Morgan fingerprint density at radius 2 is 1.71 bits per heavy atom. The fraction of sp³-hybridized carbons (Fsp3) is 0.200. The fourth-order valence-electron chi connectivity index (χ4n) is 1.39. The number of benzene rings is 1. The first kappa shape index (κ1) is 18.2. The second kappa shape index (κ2) is 6.93. The van der Waals surface area contributed by atoms with E-state index >= 15 is 0 Å². The van der Waals surface area contributed by atoms with E-state index in [1.165, 1.54) is 12.1 Å². The zero-order chi connectivity index (χ0) is 16.4. The summed E-state index contributed by atoms with van der Waals surface area (Å²) in [4.78, 5) is 20.9. The van der Waals surface area contributed by atoms with Crippen molar-refractivity contribution in [2.24, 2.45) is 0 Å². The van der Waals surface area contributed by atoms with Crippen molar-refractivity contribution in [2.45, 2.75) is 17.4 Å². The van der Waals surface area contributed by atoms with Crippen molar-refractivity contribution in [1.29, 1.82) is 0 Å². The number of rotatable bonds is 6. The molecule has 0 bridgehead atoms. The van der Waals surface area contributed by atoms with Gasteiger partial charge in [0, 0.05) is 4.47 Å². The average Bonchev–Trinajstić information content (AvgIpc) is 2.24. The molecule has 0 aliphatic carbocycles. The van der Waals surface area contributed by atoms with E-state index in [-0.39, 0.29) is 10.0 Å². The molecule has 0 aliphatic heterocycles. The van der Waals surface area contributed by atoms with Gasteiger partial charge in [-0.25, -0.2) is 8.42 Å². The third-order valence-electron chi connectivity index (χ3n) is 2.21. The van der Waals surface area contributed by atoms with E-state index in [9.17, 15) is 18.0 Å². The minimum atomic E-state index is -4.41. The summed E-state index contributed by atoms with van der Waals surface area (Å²) in [6, 6.07) is 0.674. The van der Waals surface area contributed by atoms with Gasteiger partial charge < -0.3 is 10.2 Å². The van der Waals surface area contributed by atoms with E-state index in [1.807, 2.05) is 0 Å². The van der Waals surface area contributed by atoms with Gasteiger partial charge in [0.1, 0.15) is 10.9 Å². The monoisotopic (exact) mass is 419 g/mol. The lowest BCUT2D eigenvalue weighted by Crippen LogP contribution is -2.42. The standard InChI is InChI=1S/C10H8BrCl2NO6S/c11-4-1-5(12)9(6(13)2-4)21(19,20)14-7(10(17)18)3-8(15)16/h1-2,7,14H,3H2,(H,15,16)(H,17,18)/t7-/m1/s1. The van der Waals surface area contributed by atoms with Gasteiger partial charge in [-0.15, -0.1) is 0 Å². The molecule has 1 aromatic rings. The van der Waals surface area contributed by atoms with Gasteiger partial charge in [0.2, 0.25) is 10.0 Å². The van der Waals surface area contributed by atoms with Crippen LogP contribution in [0.1, 0.15) is 6.42 Å². The Bertz CT molecular complexity index is 670. The molecule has 7 nitrogen and oxygen atoms in total. The third kappa shape index (κ3) is 4.82. The summed E-state index contributed by atoms with van der Waals surface area (Å²) >= 11 is 14.6. The molecular weight excluding hydrogens is 413 g/mol. The lowest BCUT2D eigenvalue weighted by atomic mass is 10.2. The molecule has 11 heteroatoms. The van der Waals surface area contributed by atoms with E-state index in [2.05, 4.69) is 15.9 Å². The summed E-state index contributed by atoms with van der Waals surface area (Å²) in [6.45, 7) is 0. The number of carbonyl (C=O) groups is 2. The van der Waals surface area contributed by atoms with Crippen LogP contribution in [-0.2, 0) is 19.6 Å². The lowest BCUT2D eigenvalue weighted by Gasteiger charge is -2.15. The molecule has 3 N–H and O–H groups in total. The third-order valence-corrected chi connectivity index (χ3v) is 5.06. The van der Waals surface area contributed by atoms with Crippen molar-refractivity contribution in [3.05, 3.63) is 26.7 Å². The van der Waals surface area contributed by atoms with E-state index in [1.54, 1.807) is 4.72 Å². The summed E-state index contributed by atoms with van der Waals surface area (Å²) in [5, 5.41) is 17.0. The normalized spacial score (nSPS) is 12.9. The Morgan fingerprint density at radius 1 is 1.24 bits per heavy atom. The highest BCUT2D eigenvalue weighted by Crippen LogP contribution is 2.32. The van der Waals surface area contributed by atoms with Crippen molar-refractivity contribution < 1.29 is 28.2 Å². The first-order chi connectivity index (χ1) is 9.54. The highest BCUT2D eigenvalue weighted by molar-refractivity contribution is 9.10. The molecule has 116 valence electrons. The number of sulfonamides is 1. The van der Waals surface area contributed by atoms with Gasteiger partial charge in [0.15, 0.2) is 0 Å². The first-order valence-electron chi connectivity index (χ1n) is 5.16. The van der Waals surface area contributed by atoms with Crippen LogP contribution in [0.3, 0.4) is 0 Å². The van der Waals surface area contributed by atoms with Gasteiger partial charge >= 0.3 is 11.9 Å². The number of carboxylic acid groups (broad SMARTS) is 2. The van der Waals surface area contributed by atoms with Crippen LogP contribution in [0.25, 0.3) is 0 Å². The van der Waals surface area contributed by atoms with Crippen LogP contribution in [0.2, 0.25) is 10.0 Å². The predicted octanol–water partition coefficient (Wildman–Crippen LogP) is 1.96. The molecule has 0 fully saturated rings. The highest BCUT2D eigenvalue weighted by Gasteiger charge is 2.30. The van der Waals surface area contributed by atoms with Crippen molar-refractivity contribution >= 4 is 61.1 Å². The van der Waals surface area contributed by atoms with Crippen LogP contribution in [0, 0.1) is 0 Å². The fourth-order valence-corrected chi connectivity index (χ4v) is 4.51. The van der Waals surface area contributed by atoms with Gasteiger partial charge in [-0.3, -0.25) is 9.59 Å². The molecule has 0 amide bonds. The minimum absolute atomic E-state index is 0.235. The Balaban J connectivity index is 3.23. The molecule has 0 aliphatic rings. The minimum Gasteiger partial charge on any atom is -0.481 e. The van der Waals surface area contributed by atoms with Crippen molar-refractivity contribution in [3.8, 4) is 0 Å². The topological polar surface area (TPSA) is 121 Å². The molecular formula is C10H8BrCl2NO6S. The SMILES string of the molecule is O=C(O)C[C@@H](NS(=O)(=O)c1c(Cl)cc(Br)cc1Cl)C(=O)O. The molecule has 0 unspecified atom stereocenters. The number of hydrogen-bond donors (Lipinski definition) is 3. The van der Waals surface area contributed by atoms with Crippen LogP contribution in [0.15, 0.2) is 21.5 Å². The van der Waals surface area contributed by atoms with Crippen molar-refractivity contribution in [1.82, 2.24) is 4.72 Å². The summed E-state index contributed by atoms with van der Waals surface area (Å²) in [7, 11) is -4.41. The van der Waals surface area contributed by atoms with Crippen LogP contribution in [0.4, 0.5) is 0 Å². The van der Waals surface area contributed by atoms with Gasteiger partial charge in [-0.2, -0.15) is 4.72 Å². The molecule has 0 saturated heterocycles. The molecule has 0 aromatic heterocycles. The Morgan fingerprint density at radius 3 is 2.10 bits per heavy atom. The molecule has 0 saturated carbocycles. The number of hydrogen-bond acceptors (Lipinski definition) is 4. The first-order valence-corrected chi connectivity index (χ1v) is 8.19. The Kier molecular flexibility index (Phi) is 6.00. The molecule has 0 heterocycles. The Labute approximate surface area is 138 Å². The van der Waals surface area contributed by atoms with Crippen molar-refractivity contribution in [2.75, 3.05) is 0 Å². The van der Waals surface area contributed by atoms with Crippen LogP contribution < -0.4 is 4.72 Å². The maximum atomic E-state index is 12.1. The second-order valence-corrected chi connectivity index (χ2v) is 7.19. The van der Waals surface area contributed by atoms with E-state index in [0.717, 1.165) is 0 Å². The second-order valence-electron chi connectivity index (χ2n) is 3.81. The summed E-state index contributed by atoms with van der Waals surface area (Å²) in [5.74, 6) is -3.11. The largest absolute Gasteiger partial charge is 0.481 e. The summed E-state index contributed by atoms with van der Waals surface area (Å²) in [5.41, 5.74) is 0. The highest BCUT2D eigenvalue weighted by atomic mass is 79.9. The molecule has 21 heavy (non-hydrogen) atoms. The van der Waals surface area contributed by atoms with E-state index in [4.69, 9.17) is 33.4 Å². The van der Waals surface area contributed by atoms with Crippen molar-refractivity contribution in [3.63, 3.8) is 0 Å². The summed E-state index contributed by atoms with van der Waals surface area (Å²) < 4.78 is 26.4. The lowest BCUT2D eigenvalue weighted by molar-refractivity contribution is -0.145. The maximum Gasteiger partial charge on any atom is 0.322 e. The summed E-state index contributed by atoms with van der Waals surface area (Å²) in [6.07, 6.45) is -0.930. The quantitative estimate of drug-likeness (QED) is 0.646. The van der Waals surface area contributed by atoms with Gasteiger partial charge in [-0.1, -0.05) is 39.1 Å². The smallest absolute Gasteiger partial charge is 0.322 e. The maximum absolute atomic E-state index is 12.1. The molecule has 0 radical (unpaired) electrons. The zero-order valence-electron chi connectivity index (χ0n) is 10.0. The van der Waals surface area contributed by atoms with Gasteiger partial charge in [-0.05, 0) is 12.1 Å². The molecule has 0 spiro atoms. The van der Waals surface area contributed by atoms with Crippen LogP contribution in [0.5, 0.6) is 0 Å². The average molecular weight is 421 g/mol. The number of halogens is 3. The Hall–Kier alpha value is -0.870. The molecule has 1 aromatic carbocycles. The number of aliphatic carboxylic acids is 2. The molecule has 1 atom stereocenters. The number of nitrogens with one attached hydrogen (secondary N) is 1. The predicted molar refractivity (Wildman–Crippen MR) is 78.2 cm³/mol. The van der Waals surface area contributed by atoms with E-state index in [0.29, 0.717) is 4.47 Å². The zero-order valence-corrected chi connectivity index (χ0v) is 13.9. The van der Waals surface area contributed by atoms with Crippen LogP contribution >= 0.6 is 39.1 Å². The van der Waals surface area contributed by atoms with Gasteiger partial charge in [0.25, 0.3) is 0 Å². The van der Waals surface area contributed by atoms with Gasteiger partial charge in [0.05, 0.1) is 16.5 Å².